The summed E-state index contributed by atoms with van der Waals surface area (Å²) >= 11 is 0. The molecule has 90 valence electrons. The lowest BCUT2D eigenvalue weighted by Gasteiger charge is -2.20. The highest BCUT2D eigenvalue weighted by atomic mass is 14.8. The Balaban J connectivity index is 2.76. The van der Waals surface area contributed by atoms with Crippen molar-refractivity contribution in [2.75, 3.05) is 0 Å². The first-order valence-electron chi connectivity index (χ1n) is 6.00. The van der Waals surface area contributed by atoms with E-state index in [4.69, 9.17) is 0 Å². The summed E-state index contributed by atoms with van der Waals surface area (Å²) in [5.74, 6) is 0. The zero-order chi connectivity index (χ0) is 12.4. The first-order valence-corrected chi connectivity index (χ1v) is 6.00. The second-order valence-corrected chi connectivity index (χ2v) is 6.71. The van der Waals surface area contributed by atoms with Gasteiger partial charge in [0, 0.05) is 17.8 Å². The van der Waals surface area contributed by atoms with E-state index in [1.165, 1.54) is 0 Å². The van der Waals surface area contributed by atoms with Gasteiger partial charge in [0.1, 0.15) is 0 Å². The van der Waals surface area contributed by atoms with Gasteiger partial charge in [-0.05, 0) is 18.3 Å². The predicted octanol–water partition coefficient (Wildman–Crippen LogP) is 3.75. The van der Waals surface area contributed by atoms with E-state index >= 15 is 0 Å². The molecule has 0 atom stereocenters. The molecule has 0 unspecified atom stereocenters. The fraction of sp³-hybridized carbons (Fsp3) is 0.714. The summed E-state index contributed by atoms with van der Waals surface area (Å²) in [7, 11) is 0. The molecule has 2 nitrogen and oxygen atoms in total. The Kier molecular flexibility index (Phi) is 3.72. The van der Waals surface area contributed by atoms with Crippen molar-refractivity contribution in [1.29, 1.82) is 0 Å². The summed E-state index contributed by atoms with van der Waals surface area (Å²) in [5, 5.41) is 0. The van der Waals surface area contributed by atoms with Gasteiger partial charge in [-0.1, -0.05) is 41.5 Å². The molecule has 16 heavy (non-hydrogen) atoms. The first kappa shape index (κ1) is 13.1. The van der Waals surface area contributed by atoms with Gasteiger partial charge in [-0.3, -0.25) is 9.97 Å². The standard InChI is InChI=1S/C14H24N2/c1-13(2,3)8-7-11-9-15-10-12(16-11)14(4,5)6/h9-10H,7-8H2,1-6H3. The van der Waals surface area contributed by atoms with Gasteiger partial charge in [0.2, 0.25) is 0 Å². The number of aromatic nitrogens is 2. The topological polar surface area (TPSA) is 25.8 Å². The largest absolute Gasteiger partial charge is 0.261 e. The highest BCUT2D eigenvalue weighted by molar-refractivity contribution is 5.11. The van der Waals surface area contributed by atoms with E-state index in [9.17, 15) is 0 Å². The third-order valence-corrected chi connectivity index (χ3v) is 2.58. The van der Waals surface area contributed by atoms with Crippen LogP contribution in [0.4, 0.5) is 0 Å². The van der Waals surface area contributed by atoms with Crippen molar-refractivity contribution in [1.82, 2.24) is 9.97 Å². The van der Waals surface area contributed by atoms with Gasteiger partial charge in [-0.25, -0.2) is 0 Å². The Morgan fingerprint density at radius 3 is 2.12 bits per heavy atom. The van der Waals surface area contributed by atoms with Crippen molar-refractivity contribution < 1.29 is 0 Å². The van der Waals surface area contributed by atoms with Crippen LogP contribution in [0.25, 0.3) is 0 Å². The Bertz CT molecular complexity index is 342. The second kappa shape index (κ2) is 4.52. The maximum atomic E-state index is 4.68. The highest BCUT2D eigenvalue weighted by Gasteiger charge is 2.17. The number of rotatable bonds is 2. The van der Waals surface area contributed by atoms with Crippen molar-refractivity contribution in [2.45, 2.75) is 59.8 Å². The van der Waals surface area contributed by atoms with E-state index in [1.807, 2.05) is 12.4 Å². The molecule has 0 bridgehead atoms. The minimum Gasteiger partial charge on any atom is -0.261 e. The number of hydrogen-bond donors (Lipinski definition) is 0. The van der Waals surface area contributed by atoms with Crippen LogP contribution in [0.5, 0.6) is 0 Å². The first-order chi connectivity index (χ1) is 7.18. The molecule has 0 aliphatic heterocycles. The van der Waals surface area contributed by atoms with E-state index in [2.05, 4.69) is 51.5 Å². The quantitative estimate of drug-likeness (QED) is 0.758. The van der Waals surface area contributed by atoms with E-state index in [1.54, 1.807) is 0 Å². The summed E-state index contributed by atoms with van der Waals surface area (Å²) in [6.07, 6.45) is 5.93. The minimum absolute atomic E-state index is 0.0880. The molecule has 0 N–H and O–H groups in total. The van der Waals surface area contributed by atoms with Crippen LogP contribution in [0.1, 0.15) is 59.4 Å². The Labute approximate surface area is 99.5 Å². The molecule has 0 amide bonds. The predicted molar refractivity (Wildman–Crippen MR) is 68.5 cm³/mol. The highest BCUT2D eigenvalue weighted by Crippen LogP contribution is 2.22. The van der Waals surface area contributed by atoms with E-state index in [0.29, 0.717) is 5.41 Å². The van der Waals surface area contributed by atoms with Gasteiger partial charge in [0.05, 0.1) is 11.4 Å². The monoisotopic (exact) mass is 220 g/mol. The van der Waals surface area contributed by atoms with E-state index < -0.39 is 0 Å². The van der Waals surface area contributed by atoms with Gasteiger partial charge in [0.15, 0.2) is 0 Å². The van der Waals surface area contributed by atoms with Gasteiger partial charge >= 0.3 is 0 Å². The average molecular weight is 220 g/mol. The Morgan fingerprint density at radius 1 is 1.00 bits per heavy atom. The van der Waals surface area contributed by atoms with Crippen LogP contribution < -0.4 is 0 Å². The molecule has 0 fully saturated rings. The minimum atomic E-state index is 0.0880. The number of aryl methyl sites for hydroxylation is 1. The molecular formula is C14H24N2. The zero-order valence-corrected chi connectivity index (χ0v) is 11.5. The van der Waals surface area contributed by atoms with Gasteiger partial charge in [-0.15, -0.1) is 0 Å². The van der Waals surface area contributed by atoms with Crippen LogP contribution in [0, 0.1) is 5.41 Å². The normalized spacial score (nSPS) is 12.9. The third kappa shape index (κ3) is 4.30. The van der Waals surface area contributed by atoms with Crippen molar-refractivity contribution in [3.63, 3.8) is 0 Å². The molecule has 2 heteroatoms. The van der Waals surface area contributed by atoms with Crippen LogP contribution >= 0.6 is 0 Å². The number of nitrogens with zero attached hydrogens (tertiary/aromatic N) is 2. The molecule has 1 heterocycles. The fourth-order valence-corrected chi connectivity index (χ4v) is 1.39. The Morgan fingerprint density at radius 2 is 1.62 bits per heavy atom. The van der Waals surface area contributed by atoms with Gasteiger partial charge in [0.25, 0.3) is 0 Å². The molecule has 0 radical (unpaired) electrons. The lowest BCUT2D eigenvalue weighted by Crippen LogP contribution is -2.15. The SMILES string of the molecule is CC(C)(C)CCc1cncc(C(C)(C)C)n1. The lowest BCUT2D eigenvalue weighted by molar-refractivity contribution is 0.375. The summed E-state index contributed by atoms with van der Waals surface area (Å²) in [6.45, 7) is 13.3. The summed E-state index contributed by atoms with van der Waals surface area (Å²) in [4.78, 5) is 8.97. The van der Waals surface area contributed by atoms with Crippen molar-refractivity contribution in [2.24, 2.45) is 5.41 Å². The molecule has 1 aromatic rings. The van der Waals surface area contributed by atoms with Crippen LogP contribution in [0.15, 0.2) is 12.4 Å². The lowest BCUT2D eigenvalue weighted by atomic mass is 9.89. The smallest absolute Gasteiger partial charge is 0.0643 e. The Hall–Kier alpha value is -0.920. The molecule has 1 aromatic heterocycles. The van der Waals surface area contributed by atoms with Crippen LogP contribution in [-0.2, 0) is 11.8 Å². The van der Waals surface area contributed by atoms with Crippen LogP contribution in [0.3, 0.4) is 0 Å². The maximum Gasteiger partial charge on any atom is 0.0643 e. The van der Waals surface area contributed by atoms with Crippen molar-refractivity contribution in [3.05, 3.63) is 23.8 Å². The van der Waals surface area contributed by atoms with E-state index in [0.717, 1.165) is 24.2 Å². The fourth-order valence-electron chi connectivity index (χ4n) is 1.39. The van der Waals surface area contributed by atoms with Crippen molar-refractivity contribution >= 4 is 0 Å². The summed E-state index contributed by atoms with van der Waals surface area (Å²) in [6, 6.07) is 0. The van der Waals surface area contributed by atoms with Gasteiger partial charge < -0.3 is 0 Å². The van der Waals surface area contributed by atoms with Crippen LogP contribution in [0.2, 0.25) is 0 Å². The second-order valence-electron chi connectivity index (χ2n) is 6.71. The molecule has 0 saturated heterocycles. The summed E-state index contributed by atoms with van der Waals surface area (Å²) < 4.78 is 0. The van der Waals surface area contributed by atoms with E-state index in [-0.39, 0.29) is 5.41 Å². The molecule has 0 aromatic carbocycles. The number of hydrogen-bond acceptors (Lipinski definition) is 2. The zero-order valence-electron chi connectivity index (χ0n) is 11.5. The molecule has 0 saturated carbocycles. The maximum absolute atomic E-state index is 4.68. The molecule has 0 aliphatic carbocycles. The van der Waals surface area contributed by atoms with Gasteiger partial charge in [-0.2, -0.15) is 0 Å². The average Bonchev–Trinajstić information content (AvgIpc) is 2.13. The molecule has 0 aliphatic rings. The van der Waals surface area contributed by atoms with Crippen molar-refractivity contribution in [3.8, 4) is 0 Å². The summed E-state index contributed by atoms with van der Waals surface area (Å²) in [5.41, 5.74) is 2.64. The van der Waals surface area contributed by atoms with Crippen LogP contribution in [-0.4, -0.2) is 9.97 Å². The molecule has 0 spiro atoms. The molecular weight excluding hydrogens is 196 g/mol. The third-order valence-electron chi connectivity index (χ3n) is 2.58. The molecule has 1 rings (SSSR count).